The van der Waals surface area contributed by atoms with E-state index in [1.54, 1.807) is 50.2 Å². The number of aryl methyl sites for hydroxylation is 2. The van der Waals surface area contributed by atoms with E-state index in [0.29, 0.717) is 24.9 Å². The van der Waals surface area contributed by atoms with Crippen molar-refractivity contribution in [2.24, 2.45) is 7.05 Å². The Bertz CT molecular complexity index is 1960. The number of hydrogen-bond acceptors (Lipinski definition) is 7. The third-order valence-electron chi connectivity index (χ3n) is 10.3. The molecule has 4 aromatic rings. The fourth-order valence-corrected chi connectivity index (χ4v) is 7.73. The minimum atomic E-state index is -0.881. The molecular weight excluding hydrogens is 668 g/mol. The standard InChI is InChI=1S/C42H50N6O5/c1-5-23-46-29-40(52)47-36(25-31-17-20-33(49)21-18-31)42(53)45(28-38(47)48(46)39(51)22-19-30-12-7-6-8-13-30)26-32-14-11-15-34-35(27-44(4)41(32)34)37(50)16-9-10-24-43(2)3/h5-8,11-15,17-18,20-21,27,36,38,49H,1,9-10,16,19,22-26,28-29H2,2-4H3/t36-,38-/m0/s1. The number of amides is 3. The number of phenolic OH excluding ortho intramolecular Hbond substituents is 1. The molecule has 2 fully saturated rings. The number of para-hydroxylation sites is 1. The van der Waals surface area contributed by atoms with Gasteiger partial charge in [-0.1, -0.05) is 66.7 Å². The summed E-state index contributed by atoms with van der Waals surface area (Å²) in [4.78, 5) is 61.7. The normalized spacial score (nSPS) is 17.8. The molecule has 1 aromatic heterocycles. The van der Waals surface area contributed by atoms with Crippen LogP contribution in [0.3, 0.4) is 0 Å². The monoisotopic (exact) mass is 718 g/mol. The number of hydrogen-bond donors (Lipinski definition) is 1. The molecule has 0 aliphatic carbocycles. The van der Waals surface area contributed by atoms with Crippen LogP contribution in [0.4, 0.5) is 0 Å². The molecule has 2 saturated heterocycles. The highest BCUT2D eigenvalue weighted by Gasteiger charge is 2.51. The molecule has 0 spiro atoms. The first-order chi connectivity index (χ1) is 25.5. The Balaban J connectivity index is 1.34. The number of Topliss-reactive ketones (excluding diaryl/α,β-unsaturated/α-hetero) is 1. The molecule has 0 unspecified atom stereocenters. The summed E-state index contributed by atoms with van der Waals surface area (Å²) in [6.07, 6.45) is 5.99. The minimum Gasteiger partial charge on any atom is -0.508 e. The Hall–Kier alpha value is -5.26. The third-order valence-corrected chi connectivity index (χ3v) is 10.3. The van der Waals surface area contributed by atoms with Gasteiger partial charge in [-0.25, -0.2) is 10.0 Å². The molecule has 11 heteroatoms. The van der Waals surface area contributed by atoms with E-state index in [2.05, 4.69) is 11.5 Å². The van der Waals surface area contributed by atoms with Crippen LogP contribution in [0.25, 0.3) is 10.9 Å². The first-order valence-electron chi connectivity index (χ1n) is 18.4. The van der Waals surface area contributed by atoms with Crippen LogP contribution in [0.2, 0.25) is 0 Å². The fourth-order valence-electron chi connectivity index (χ4n) is 7.73. The van der Waals surface area contributed by atoms with Crippen molar-refractivity contribution in [1.82, 2.24) is 29.3 Å². The van der Waals surface area contributed by atoms with Gasteiger partial charge in [0.05, 0.1) is 18.6 Å². The fraction of sp³-hybridized carbons (Fsp3) is 0.381. The number of phenols is 1. The lowest BCUT2D eigenvalue weighted by Gasteiger charge is -2.55. The number of aromatic nitrogens is 1. The maximum Gasteiger partial charge on any atom is 0.246 e. The summed E-state index contributed by atoms with van der Waals surface area (Å²) in [5.41, 5.74) is 4.23. The number of piperazine rings is 1. The quantitative estimate of drug-likeness (QED) is 0.107. The van der Waals surface area contributed by atoms with Crippen molar-refractivity contribution < 1.29 is 24.3 Å². The van der Waals surface area contributed by atoms with Crippen LogP contribution in [0.15, 0.2) is 91.6 Å². The predicted octanol–water partition coefficient (Wildman–Crippen LogP) is 4.78. The molecule has 1 N–H and O–H groups in total. The molecule has 2 aliphatic heterocycles. The zero-order valence-corrected chi connectivity index (χ0v) is 31.0. The number of nitrogens with zero attached hydrogens (tertiary/aromatic N) is 6. The van der Waals surface area contributed by atoms with Crippen molar-refractivity contribution in [1.29, 1.82) is 0 Å². The van der Waals surface area contributed by atoms with E-state index in [0.717, 1.165) is 47.0 Å². The number of hydrazine groups is 1. The van der Waals surface area contributed by atoms with Gasteiger partial charge in [-0.3, -0.25) is 19.2 Å². The second kappa shape index (κ2) is 16.6. The number of carbonyl (C=O) groups excluding carboxylic acids is 4. The SMILES string of the molecule is C=CCN1CC(=O)N2[C@@H](Cc3ccc(O)cc3)C(=O)N(Cc3cccc4c(C(=O)CCCCN(C)C)cn(C)c34)C[C@@H]2N1C(=O)CCc1ccccc1. The maximum atomic E-state index is 14.6. The van der Waals surface area contributed by atoms with E-state index in [1.807, 2.05) is 80.4 Å². The number of ketones is 1. The summed E-state index contributed by atoms with van der Waals surface area (Å²) < 4.78 is 1.96. The molecule has 0 bridgehead atoms. The third kappa shape index (κ3) is 8.37. The highest BCUT2D eigenvalue weighted by molar-refractivity contribution is 6.08. The Morgan fingerprint density at radius 2 is 1.70 bits per heavy atom. The first-order valence-corrected chi connectivity index (χ1v) is 18.4. The molecule has 53 heavy (non-hydrogen) atoms. The van der Waals surface area contributed by atoms with Crippen LogP contribution in [0.1, 0.15) is 52.7 Å². The molecular formula is C42H50N6O5. The van der Waals surface area contributed by atoms with E-state index >= 15 is 0 Å². The average molecular weight is 719 g/mol. The summed E-state index contributed by atoms with van der Waals surface area (Å²) in [5.74, 6) is -0.402. The molecule has 2 aliphatic rings. The van der Waals surface area contributed by atoms with Crippen molar-refractivity contribution in [3.8, 4) is 5.75 Å². The van der Waals surface area contributed by atoms with E-state index in [9.17, 15) is 24.3 Å². The van der Waals surface area contributed by atoms with Gasteiger partial charge in [-0.05, 0) is 68.7 Å². The largest absolute Gasteiger partial charge is 0.508 e. The van der Waals surface area contributed by atoms with Gasteiger partial charge in [0.15, 0.2) is 5.78 Å². The maximum absolute atomic E-state index is 14.6. The summed E-state index contributed by atoms with van der Waals surface area (Å²) in [5, 5.41) is 14.2. The van der Waals surface area contributed by atoms with Gasteiger partial charge in [0.25, 0.3) is 0 Å². The number of carbonyl (C=O) groups is 4. The lowest BCUT2D eigenvalue weighted by atomic mass is 9.97. The molecule has 3 aromatic carbocycles. The van der Waals surface area contributed by atoms with Crippen molar-refractivity contribution in [3.63, 3.8) is 0 Å². The average Bonchev–Trinajstić information content (AvgIpc) is 3.49. The second-order valence-corrected chi connectivity index (χ2v) is 14.4. The molecule has 11 nitrogen and oxygen atoms in total. The van der Waals surface area contributed by atoms with Crippen LogP contribution in [0.5, 0.6) is 5.75 Å². The van der Waals surface area contributed by atoms with Crippen molar-refractivity contribution in [3.05, 3.63) is 114 Å². The molecule has 2 atom stereocenters. The van der Waals surface area contributed by atoms with Crippen LogP contribution < -0.4 is 0 Å². The van der Waals surface area contributed by atoms with E-state index in [4.69, 9.17) is 0 Å². The molecule has 6 rings (SSSR count). The van der Waals surface area contributed by atoms with Gasteiger partial charge < -0.3 is 24.4 Å². The number of aromatic hydroxyl groups is 1. The lowest BCUT2D eigenvalue weighted by Crippen LogP contribution is -2.75. The van der Waals surface area contributed by atoms with Gasteiger partial charge in [0.2, 0.25) is 17.7 Å². The number of fused-ring (bicyclic) bond motifs is 2. The topological polar surface area (TPSA) is 110 Å². The summed E-state index contributed by atoms with van der Waals surface area (Å²) >= 11 is 0. The zero-order valence-electron chi connectivity index (χ0n) is 31.0. The van der Waals surface area contributed by atoms with Crippen molar-refractivity contribution >= 4 is 34.4 Å². The molecule has 3 amide bonds. The highest BCUT2D eigenvalue weighted by Crippen LogP contribution is 2.32. The van der Waals surface area contributed by atoms with E-state index in [1.165, 1.54) is 0 Å². The molecule has 0 radical (unpaired) electrons. The smallest absolute Gasteiger partial charge is 0.246 e. The number of rotatable bonds is 15. The second-order valence-electron chi connectivity index (χ2n) is 14.4. The summed E-state index contributed by atoms with van der Waals surface area (Å²) in [7, 11) is 5.97. The number of unbranched alkanes of at least 4 members (excludes halogenated alkanes) is 1. The Kier molecular flexibility index (Phi) is 11.7. The van der Waals surface area contributed by atoms with Crippen molar-refractivity contribution in [2.75, 3.05) is 40.3 Å². The Morgan fingerprint density at radius 3 is 2.42 bits per heavy atom. The predicted molar refractivity (Wildman–Crippen MR) is 205 cm³/mol. The molecule has 3 heterocycles. The van der Waals surface area contributed by atoms with Gasteiger partial charge >= 0.3 is 0 Å². The highest BCUT2D eigenvalue weighted by atomic mass is 16.3. The van der Waals surface area contributed by atoms with Crippen LogP contribution in [-0.2, 0) is 40.8 Å². The first kappa shape index (κ1) is 37.5. The minimum absolute atomic E-state index is 0.0619. The molecule has 0 saturated carbocycles. The van der Waals surface area contributed by atoms with Crippen LogP contribution in [0, 0.1) is 0 Å². The van der Waals surface area contributed by atoms with Gasteiger partial charge in [0.1, 0.15) is 18.0 Å². The number of benzene rings is 3. The summed E-state index contributed by atoms with van der Waals surface area (Å²) in [6.45, 7) is 5.38. The van der Waals surface area contributed by atoms with Gasteiger partial charge in [0, 0.05) is 56.5 Å². The van der Waals surface area contributed by atoms with Gasteiger partial charge in [-0.2, -0.15) is 0 Å². The lowest BCUT2D eigenvalue weighted by molar-refractivity contribution is -0.205. The van der Waals surface area contributed by atoms with E-state index < -0.39 is 12.2 Å². The summed E-state index contributed by atoms with van der Waals surface area (Å²) in [6, 6.07) is 21.4. The van der Waals surface area contributed by atoms with Crippen LogP contribution >= 0.6 is 0 Å². The van der Waals surface area contributed by atoms with E-state index in [-0.39, 0.29) is 61.7 Å². The Labute approximate surface area is 311 Å². The Morgan fingerprint density at radius 1 is 0.943 bits per heavy atom. The zero-order chi connectivity index (χ0) is 37.6. The molecule has 278 valence electrons. The van der Waals surface area contributed by atoms with Gasteiger partial charge in [-0.15, -0.1) is 6.58 Å². The van der Waals surface area contributed by atoms with Crippen molar-refractivity contribution in [2.45, 2.75) is 57.3 Å². The van der Waals surface area contributed by atoms with Crippen LogP contribution in [-0.4, -0.2) is 110 Å².